The van der Waals surface area contributed by atoms with Crippen LogP contribution < -0.4 is 10.2 Å². The maximum absolute atomic E-state index is 12.6. The van der Waals surface area contributed by atoms with E-state index in [1.807, 2.05) is 78.9 Å². The highest BCUT2D eigenvalue weighted by molar-refractivity contribution is 6.62. The van der Waals surface area contributed by atoms with Gasteiger partial charge >= 0.3 is 7.12 Å². The summed E-state index contributed by atoms with van der Waals surface area (Å²) >= 11 is 0. The molecular weight excluding hydrogens is 361 g/mol. The molecule has 0 atom stereocenters. The van der Waals surface area contributed by atoms with Crippen LogP contribution in [0.2, 0.25) is 0 Å². The molecule has 5 rings (SSSR count). The monoisotopic (exact) mass is 378 g/mol. The number of para-hydroxylation sites is 1. The van der Waals surface area contributed by atoms with Gasteiger partial charge in [0.15, 0.2) is 0 Å². The van der Waals surface area contributed by atoms with Gasteiger partial charge in [-0.15, -0.1) is 0 Å². The lowest BCUT2D eigenvalue weighted by Crippen LogP contribution is -2.33. The topological polar surface area (TPSA) is 60.5 Å². The normalized spacial score (nSPS) is 11.9. The fourth-order valence-corrected chi connectivity index (χ4v) is 4.07. The second-order valence-electron chi connectivity index (χ2n) is 7.05. The van der Waals surface area contributed by atoms with Crippen molar-refractivity contribution in [3.8, 4) is 33.4 Å². The summed E-state index contributed by atoms with van der Waals surface area (Å²) < 4.78 is 0.941. The van der Waals surface area contributed by atoms with Crippen LogP contribution in [0, 0.1) is 4.91 Å². The Morgan fingerprint density at radius 2 is 1.21 bits per heavy atom. The predicted octanol–water partition coefficient (Wildman–Crippen LogP) is 4.28. The van der Waals surface area contributed by atoms with Crippen LogP contribution in [0.3, 0.4) is 0 Å². The molecule has 4 aromatic carbocycles. The summed E-state index contributed by atoms with van der Waals surface area (Å²) in [6.07, 6.45) is 0. The minimum atomic E-state index is -1.63. The summed E-state index contributed by atoms with van der Waals surface area (Å²) in [4.78, 5) is 12.6. The molecule has 0 amide bonds. The molecule has 29 heavy (non-hydrogen) atoms. The second kappa shape index (κ2) is 6.81. The lowest BCUT2D eigenvalue weighted by Gasteiger charge is -2.15. The summed E-state index contributed by atoms with van der Waals surface area (Å²) in [5.41, 5.74) is 6.63. The first-order valence-corrected chi connectivity index (χ1v) is 9.40. The van der Waals surface area contributed by atoms with E-state index in [0.717, 1.165) is 38.1 Å². The third kappa shape index (κ3) is 2.79. The fourth-order valence-electron chi connectivity index (χ4n) is 4.07. The van der Waals surface area contributed by atoms with E-state index in [4.69, 9.17) is 0 Å². The van der Waals surface area contributed by atoms with Gasteiger partial charge in [0.25, 0.3) is 11.4 Å². The molecule has 0 saturated carbocycles. The Morgan fingerprint density at radius 3 is 1.97 bits per heavy atom. The molecule has 138 valence electrons. The molecule has 0 aromatic heterocycles. The quantitative estimate of drug-likeness (QED) is 0.364. The summed E-state index contributed by atoms with van der Waals surface area (Å²) in [5, 5.41) is 20.4. The van der Waals surface area contributed by atoms with Gasteiger partial charge in [0.2, 0.25) is 0 Å². The molecule has 4 nitrogen and oxygen atoms in total. The molecular formula is C24H17BNO3+. The van der Waals surface area contributed by atoms with E-state index in [1.54, 1.807) is 12.1 Å². The molecule has 0 fully saturated rings. The molecule has 0 radical (unpaired) electrons. The molecule has 0 unspecified atom stereocenters. The molecule has 1 heterocycles. The van der Waals surface area contributed by atoms with Crippen molar-refractivity contribution >= 4 is 24.0 Å². The van der Waals surface area contributed by atoms with Crippen molar-refractivity contribution in [3.05, 3.63) is 95.9 Å². The van der Waals surface area contributed by atoms with Gasteiger partial charge in [0, 0.05) is 17.0 Å². The van der Waals surface area contributed by atoms with Crippen LogP contribution >= 0.6 is 0 Å². The Kier molecular flexibility index (Phi) is 4.12. The first-order chi connectivity index (χ1) is 14.1. The van der Waals surface area contributed by atoms with E-state index in [2.05, 4.69) is 0 Å². The molecule has 0 aliphatic carbocycles. The highest BCUT2D eigenvalue weighted by Gasteiger charge is 2.35. The van der Waals surface area contributed by atoms with Gasteiger partial charge in [-0.2, -0.15) is 0 Å². The van der Waals surface area contributed by atoms with Crippen LogP contribution in [0.5, 0.6) is 0 Å². The molecule has 0 bridgehead atoms. The minimum absolute atomic E-state index is 0.448. The lowest BCUT2D eigenvalue weighted by molar-refractivity contribution is 0.426. The van der Waals surface area contributed by atoms with Crippen molar-refractivity contribution in [2.24, 2.45) is 0 Å². The van der Waals surface area contributed by atoms with E-state index >= 15 is 0 Å². The number of nitrogens with zero attached hydrogens (tertiary/aromatic N) is 1. The Morgan fingerprint density at radius 1 is 0.586 bits per heavy atom. The summed E-state index contributed by atoms with van der Waals surface area (Å²) in [5.74, 6) is 0. The van der Waals surface area contributed by atoms with Gasteiger partial charge in [-0.1, -0.05) is 60.7 Å². The minimum Gasteiger partial charge on any atom is -0.423 e. The van der Waals surface area contributed by atoms with Gasteiger partial charge in [-0.3, -0.25) is 0 Å². The summed E-state index contributed by atoms with van der Waals surface area (Å²) in [6, 6.07) is 28.4. The van der Waals surface area contributed by atoms with Crippen molar-refractivity contribution in [1.29, 1.82) is 0 Å². The molecule has 1 aliphatic heterocycles. The fraction of sp³-hybridized carbons (Fsp3) is 0. The Labute approximate surface area is 168 Å². The van der Waals surface area contributed by atoms with Crippen LogP contribution in [0.25, 0.3) is 33.4 Å². The Bertz CT molecular complexity index is 1250. The maximum Gasteiger partial charge on any atom is 0.489 e. The van der Waals surface area contributed by atoms with Gasteiger partial charge in [-0.05, 0) is 45.9 Å². The van der Waals surface area contributed by atoms with Crippen molar-refractivity contribution in [1.82, 2.24) is 4.76 Å². The van der Waals surface area contributed by atoms with E-state index in [9.17, 15) is 15.0 Å². The number of hydrogen-bond donors (Lipinski definition) is 2. The molecule has 2 N–H and O–H groups in total. The second-order valence-corrected chi connectivity index (χ2v) is 7.05. The van der Waals surface area contributed by atoms with Crippen molar-refractivity contribution in [3.63, 3.8) is 0 Å². The lowest BCUT2D eigenvalue weighted by atomic mass is 9.71. The number of nitroso groups, excluding NO2 is 1. The SMILES string of the molecule is O=[N+]1c2ccccc2-c2cc(-c3cccc(-c4ccccc4)c3B(O)O)ccc21. The third-order valence-electron chi connectivity index (χ3n) is 5.39. The number of fused-ring (bicyclic) bond motifs is 3. The largest absolute Gasteiger partial charge is 0.489 e. The third-order valence-corrected chi connectivity index (χ3v) is 5.39. The Hall–Kier alpha value is -3.54. The molecule has 4 aromatic rings. The highest BCUT2D eigenvalue weighted by Crippen LogP contribution is 2.45. The van der Waals surface area contributed by atoms with Crippen molar-refractivity contribution < 1.29 is 10.0 Å². The first kappa shape index (κ1) is 17.6. The zero-order chi connectivity index (χ0) is 20.0. The number of rotatable bonds is 3. The average molecular weight is 378 g/mol. The van der Waals surface area contributed by atoms with Crippen LogP contribution in [-0.2, 0) is 0 Å². The summed E-state index contributed by atoms with van der Waals surface area (Å²) in [7, 11) is -1.63. The molecule has 1 aliphatic rings. The number of hydrogen-bond acceptors (Lipinski definition) is 3. The molecule has 5 heteroatoms. The highest BCUT2D eigenvalue weighted by atomic mass is 16.4. The van der Waals surface area contributed by atoms with Crippen LogP contribution in [0.15, 0.2) is 91.0 Å². The summed E-state index contributed by atoms with van der Waals surface area (Å²) in [6.45, 7) is 0. The van der Waals surface area contributed by atoms with Crippen molar-refractivity contribution in [2.45, 2.75) is 0 Å². The van der Waals surface area contributed by atoms with Gasteiger partial charge in [-0.25, -0.2) is 0 Å². The Balaban J connectivity index is 1.72. The van der Waals surface area contributed by atoms with Crippen LogP contribution in [-0.4, -0.2) is 17.2 Å². The smallest absolute Gasteiger partial charge is 0.423 e. The van der Waals surface area contributed by atoms with E-state index < -0.39 is 7.12 Å². The van der Waals surface area contributed by atoms with Gasteiger partial charge in [0.1, 0.15) is 0 Å². The zero-order valence-electron chi connectivity index (χ0n) is 15.5. The van der Waals surface area contributed by atoms with E-state index in [0.29, 0.717) is 16.8 Å². The maximum atomic E-state index is 12.6. The van der Waals surface area contributed by atoms with Crippen LogP contribution in [0.4, 0.5) is 11.4 Å². The first-order valence-electron chi connectivity index (χ1n) is 9.40. The van der Waals surface area contributed by atoms with Crippen molar-refractivity contribution in [2.75, 3.05) is 0 Å². The van der Waals surface area contributed by atoms with E-state index in [1.165, 1.54) is 0 Å². The molecule has 0 spiro atoms. The van der Waals surface area contributed by atoms with E-state index in [-0.39, 0.29) is 0 Å². The standard InChI is InChI=1S/C24H17BNO3/c27-25(28)24-18(16-7-2-1-3-8-16)10-6-11-19(24)17-13-14-23-21(15-17)20-9-4-5-12-22(20)26(23)29/h1-15,27-28H/q+1. The van der Waals surface area contributed by atoms with Gasteiger partial charge < -0.3 is 10.0 Å². The number of benzene rings is 4. The average Bonchev–Trinajstić information content (AvgIpc) is 3.05. The van der Waals surface area contributed by atoms with Crippen LogP contribution in [0.1, 0.15) is 0 Å². The predicted molar refractivity (Wildman–Crippen MR) is 117 cm³/mol. The zero-order valence-corrected chi connectivity index (χ0v) is 15.5. The molecule has 0 saturated heterocycles. The van der Waals surface area contributed by atoms with Gasteiger partial charge in [0.05, 0.1) is 15.9 Å².